The maximum atomic E-state index is 5.44. The summed E-state index contributed by atoms with van der Waals surface area (Å²) in [6, 6.07) is 5.85. The van der Waals surface area contributed by atoms with Gasteiger partial charge in [-0.25, -0.2) is 4.98 Å². The van der Waals surface area contributed by atoms with Gasteiger partial charge < -0.3 is 9.72 Å². The van der Waals surface area contributed by atoms with Gasteiger partial charge in [0.05, 0.1) is 11.0 Å². The summed E-state index contributed by atoms with van der Waals surface area (Å²) in [5.41, 5.74) is 2.01. The number of hydrogen-bond donors (Lipinski definition) is 1. The van der Waals surface area contributed by atoms with Gasteiger partial charge >= 0.3 is 0 Å². The molecule has 1 aromatic carbocycles. The average molecular weight is 202 g/mol. The highest BCUT2D eigenvalue weighted by Gasteiger charge is 2.02. The molecule has 3 nitrogen and oxygen atoms in total. The predicted octanol–water partition coefficient (Wildman–Crippen LogP) is 2.69. The SMILES string of the molecule is C=CCOc1ccc2nc(CC)[nH]c2c1. The largest absolute Gasteiger partial charge is 0.489 e. The first-order valence-corrected chi connectivity index (χ1v) is 5.06. The highest BCUT2D eigenvalue weighted by atomic mass is 16.5. The maximum absolute atomic E-state index is 5.44. The van der Waals surface area contributed by atoms with E-state index in [0.717, 1.165) is 29.0 Å². The molecule has 3 heteroatoms. The lowest BCUT2D eigenvalue weighted by Crippen LogP contribution is -1.91. The van der Waals surface area contributed by atoms with Crippen LogP contribution in [0.4, 0.5) is 0 Å². The molecule has 0 aliphatic heterocycles. The van der Waals surface area contributed by atoms with Gasteiger partial charge in [0.25, 0.3) is 0 Å². The fourth-order valence-corrected chi connectivity index (χ4v) is 1.45. The first kappa shape index (κ1) is 9.77. The van der Waals surface area contributed by atoms with Crippen molar-refractivity contribution >= 4 is 11.0 Å². The van der Waals surface area contributed by atoms with Crippen molar-refractivity contribution in [2.75, 3.05) is 6.61 Å². The summed E-state index contributed by atoms with van der Waals surface area (Å²) in [4.78, 5) is 7.67. The van der Waals surface area contributed by atoms with Gasteiger partial charge in [0.15, 0.2) is 0 Å². The van der Waals surface area contributed by atoms with E-state index in [1.807, 2.05) is 18.2 Å². The van der Waals surface area contributed by atoms with E-state index in [1.165, 1.54) is 0 Å². The van der Waals surface area contributed by atoms with Crippen LogP contribution < -0.4 is 4.74 Å². The van der Waals surface area contributed by atoms with Crippen LogP contribution in [0.5, 0.6) is 5.75 Å². The zero-order chi connectivity index (χ0) is 10.7. The number of benzene rings is 1. The summed E-state index contributed by atoms with van der Waals surface area (Å²) in [6.07, 6.45) is 2.64. The van der Waals surface area contributed by atoms with Crippen molar-refractivity contribution in [3.63, 3.8) is 0 Å². The fraction of sp³-hybridized carbons (Fsp3) is 0.250. The molecule has 78 valence electrons. The Bertz CT molecular complexity index is 473. The third-order valence-electron chi connectivity index (χ3n) is 2.21. The van der Waals surface area contributed by atoms with Crippen molar-refractivity contribution in [1.82, 2.24) is 9.97 Å². The first-order chi connectivity index (χ1) is 7.33. The summed E-state index contributed by atoms with van der Waals surface area (Å²) in [7, 11) is 0. The van der Waals surface area contributed by atoms with E-state index in [4.69, 9.17) is 4.74 Å². The second kappa shape index (κ2) is 4.17. The van der Waals surface area contributed by atoms with E-state index in [2.05, 4.69) is 23.5 Å². The Balaban J connectivity index is 2.32. The first-order valence-electron chi connectivity index (χ1n) is 5.06. The van der Waals surface area contributed by atoms with Gasteiger partial charge in [-0.2, -0.15) is 0 Å². The molecule has 15 heavy (non-hydrogen) atoms. The quantitative estimate of drug-likeness (QED) is 0.774. The summed E-state index contributed by atoms with van der Waals surface area (Å²) >= 11 is 0. The molecular formula is C12H14N2O. The van der Waals surface area contributed by atoms with Gasteiger partial charge in [0.2, 0.25) is 0 Å². The number of H-pyrrole nitrogens is 1. The number of fused-ring (bicyclic) bond motifs is 1. The minimum Gasteiger partial charge on any atom is -0.489 e. The molecule has 0 fully saturated rings. The van der Waals surface area contributed by atoms with Crippen molar-refractivity contribution in [1.29, 1.82) is 0 Å². The molecule has 0 amide bonds. The third kappa shape index (κ3) is 2.01. The normalized spacial score (nSPS) is 10.5. The van der Waals surface area contributed by atoms with E-state index in [0.29, 0.717) is 6.61 Å². The van der Waals surface area contributed by atoms with E-state index >= 15 is 0 Å². The number of ether oxygens (including phenoxy) is 1. The molecule has 0 saturated carbocycles. The molecule has 0 unspecified atom stereocenters. The summed E-state index contributed by atoms with van der Waals surface area (Å²) < 4.78 is 5.44. The molecule has 1 N–H and O–H groups in total. The number of nitrogens with zero attached hydrogens (tertiary/aromatic N) is 1. The van der Waals surface area contributed by atoms with Crippen molar-refractivity contribution in [3.05, 3.63) is 36.7 Å². The second-order valence-electron chi connectivity index (χ2n) is 3.32. The second-order valence-corrected chi connectivity index (χ2v) is 3.32. The molecule has 2 aromatic rings. The minimum absolute atomic E-state index is 0.528. The zero-order valence-electron chi connectivity index (χ0n) is 8.79. The standard InChI is InChI=1S/C12H14N2O/c1-3-7-15-9-5-6-10-11(8-9)14-12(4-2)13-10/h3,5-6,8H,1,4,7H2,2H3,(H,13,14). The molecule has 1 aromatic heterocycles. The Morgan fingerprint density at radius 3 is 3.13 bits per heavy atom. The highest BCUT2D eigenvalue weighted by molar-refractivity contribution is 5.76. The molecule has 0 saturated heterocycles. The lowest BCUT2D eigenvalue weighted by Gasteiger charge is -2.01. The number of aromatic nitrogens is 2. The van der Waals surface area contributed by atoms with Gasteiger partial charge in [-0.05, 0) is 12.1 Å². The number of nitrogens with one attached hydrogen (secondary N) is 1. The van der Waals surface area contributed by atoms with Crippen molar-refractivity contribution in [2.24, 2.45) is 0 Å². The topological polar surface area (TPSA) is 37.9 Å². The molecule has 0 aliphatic rings. The third-order valence-corrected chi connectivity index (χ3v) is 2.21. The lowest BCUT2D eigenvalue weighted by molar-refractivity contribution is 0.363. The van der Waals surface area contributed by atoms with Crippen LogP contribution in [-0.2, 0) is 6.42 Å². The van der Waals surface area contributed by atoms with E-state index < -0.39 is 0 Å². The van der Waals surface area contributed by atoms with Crippen LogP contribution in [0, 0.1) is 0 Å². The number of rotatable bonds is 4. The molecule has 1 heterocycles. The van der Waals surface area contributed by atoms with Gasteiger partial charge in [-0.1, -0.05) is 19.6 Å². The zero-order valence-corrected chi connectivity index (χ0v) is 8.79. The highest BCUT2D eigenvalue weighted by Crippen LogP contribution is 2.19. The van der Waals surface area contributed by atoms with Crippen molar-refractivity contribution in [2.45, 2.75) is 13.3 Å². The van der Waals surface area contributed by atoms with Gasteiger partial charge in [-0.3, -0.25) is 0 Å². The Morgan fingerprint density at radius 1 is 1.53 bits per heavy atom. The Hall–Kier alpha value is -1.77. The number of aromatic amines is 1. The van der Waals surface area contributed by atoms with Crippen LogP contribution in [0.1, 0.15) is 12.7 Å². The van der Waals surface area contributed by atoms with Crippen molar-refractivity contribution < 1.29 is 4.74 Å². The lowest BCUT2D eigenvalue weighted by atomic mass is 10.3. The Labute approximate surface area is 88.8 Å². The van der Waals surface area contributed by atoms with Crippen molar-refractivity contribution in [3.8, 4) is 5.75 Å². The maximum Gasteiger partial charge on any atom is 0.122 e. The van der Waals surface area contributed by atoms with Crippen LogP contribution in [0.2, 0.25) is 0 Å². The number of imidazole rings is 1. The number of aryl methyl sites for hydroxylation is 1. The van der Waals surface area contributed by atoms with Crippen LogP contribution in [0.3, 0.4) is 0 Å². The van der Waals surface area contributed by atoms with Gasteiger partial charge in [-0.15, -0.1) is 0 Å². The summed E-state index contributed by atoms with van der Waals surface area (Å²) in [5, 5.41) is 0. The van der Waals surface area contributed by atoms with E-state index in [9.17, 15) is 0 Å². The van der Waals surface area contributed by atoms with Crippen LogP contribution in [0.15, 0.2) is 30.9 Å². The van der Waals surface area contributed by atoms with Gasteiger partial charge in [0, 0.05) is 12.5 Å². The minimum atomic E-state index is 0.528. The monoisotopic (exact) mass is 202 g/mol. The molecule has 0 atom stereocenters. The summed E-state index contributed by atoms with van der Waals surface area (Å²) in [6.45, 7) is 6.21. The summed E-state index contributed by atoms with van der Waals surface area (Å²) in [5.74, 6) is 1.85. The molecule has 0 radical (unpaired) electrons. The van der Waals surface area contributed by atoms with E-state index in [-0.39, 0.29) is 0 Å². The molecule has 0 bridgehead atoms. The number of hydrogen-bond acceptors (Lipinski definition) is 2. The fourth-order valence-electron chi connectivity index (χ4n) is 1.45. The average Bonchev–Trinajstić information content (AvgIpc) is 2.68. The molecular weight excluding hydrogens is 188 g/mol. The molecule has 0 spiro atoms. The predicted molar refractivity (Wildman–Crippen MR) is 61.2 cm³/mol. The Morgan fingerprint density at radius 2 is 2.40 bits per heavy atom. The molecule has 2 rings (SSSR count). The smallest absolute Gasteiger partial charge is 0.122 e. The molecule has 0 aliphatic carbocycles. The van der Waals surface area contributed by atoms with Crippen LogP contribution in [-0.4, -0.2) is 16.6 Å². The van der Waals surface area contributed by atoms with E-state index in [1.54, 1.807) is 6.08 Å². The van der Waals surface area contributed by atoms with Crippen LogP contribution in [0.25, 0.3) is 11.0 Å². The van der Waals surface area contributed by atoms with Gasteiger partial charge in [0.1, 0.15) is 18.2 Å². The van der Waals surface area contributed by atoms with Crippen LogP contribution >= 0.6 is 0 Å². The Kier molecular flexibility index (Phi) is 2.72.